The van der Waals surface area contributed by atoms with Crippen molar-refractivity contribution < 1.29 is 27.1 Å². The quantitative estimate of drug-likeness (QED) is 0.358. The Bertz CT molecular complexity index is 1370. The Morgan fingerprint density at radius 2 is 1.56 bits per heavy atom. The van der Waals surface area contributed by atoms with Crippen molar-refractivity contribution in [2.45, 2.75) is 50.7 Å². The molecule has 1 atom stereocenters. The van der Waals surface area contributed by atoms with Crippen molar-refractivity contribution in [1.29, 1.82) is 0 Å². The molecular formula is C29H34FN3O5S. The zero-order valence-electron chi connectivity index (χ0n) is 22.5. The minimum atomic E-state index is -4.21. The summed E-state index contributed by atoms with van der Waals surface area (Å²) in [5, 5.41) is 2.84. The first-order valence-corrected chi connectivity index (χ1v) is 14.1. The smallest absolute Gasteiger partial charge is 0.264 e. The molecule has 3 aromatic carbocycles. The Balaban J connectivity index is 2.08. The normalized spacial score (nSPS) is 12.1. The lowest BCUT2D eigenvalue weighted by Gasteiger charge is -2.33. The molecule has 39 heavy (non-hydrogen) atoms. The van der Waals surface area contributed by atoms with Gasteiger partial charge >= 0.3 is 0 Å². The number of rotatable bonds is 12. The van der Waals surface area contributed by atoms with E-state index < -0.39 is 34.3 Å². The molecule has 3 rings (SSSR count). The number of sulfonamides is 1. The third-order valence-electron chi connectivity index (χ3n) is 6.05. The third kappa shape index (κ3) is 7.35. The van der Waals surface area contributed by atoms with E-state index in [4.69, 9.17) is 4.74 Å². The first-order chi connectivity index (χ1) is 18.6. The minimum absolute atomic E-state index is 0.00150. The molecule has 208 valence electrons. The highest BCUT2D eigenvalue weighted by atomic mass is 32.2. The number of carbonyl (C=O) groups excluding carboxylic acids is 2. The number of amides is 2. The first-order valence-electron chi connectivity index (χ1n) is 12.6. The molecule has 2 amide bonds. The predicted molar refractivity (Wildman–Crippen MR) is 148 cm³/mol. The van der Waals surface area contributed by atoms with Crippen molar-refractivity contribution in [3.05, 3.63) is 90.2 Å². The van der Waals surface area contributed by atoms with Crippen molar-refractivity contribution in [3.63, 3.8) is 0 Å². The van der Waals surface area contributed by atoms with Crippen LogP contribution >= 0.6 is 0 Å². The van der Waals surface area contributed by atoms with E-state index in [2.05, 4.69) is 5.32 Å². The van der Waals surface area contributed by atoms with E-state index >= 15 is 0 Å². The zero-order chi connectivity index (χ0) is 28.6. The van der Waals surface area contributed by atoms with Crippen LogP contribution in [0.5, 0.6) is 5.75 Å². The Kier molecular flexibility index (Phi) is 10.1. The lowest BCUT2D eigenvalue weighted by molar-refractivity contribution is -0.140. The summed E-state index contributed by atoms with van der Waals surface area (Å²) in [6.45, 7) is 4.78. The van der Waals surface area contributed by atoms with Crippen LogP contribution in [0, 0.1) is 5.82 Å². The number of anilines is 1. The van der Waals surface area contributed by atoms with Crippen LogP contribution in [0.2, 0.25) is 0 Å². The van der Waals surface area contributed by atoms with Crippen molar-refractivity contribution >= 4 is 27.5 Å². The van der Waals surface area contributed by atoms with Gasteiger partial charge in [-0.1, -0.05) is 49.4 Å². The molecule has 10 heteroatoms. The lowest BCUT2D eigenvalue weighted by Crippen LogP contribution is -2.53. The molecular weight excluding hydrogens is 521 g/mol. The van der Waals surface area contributed by atoms with Crippen LogP contribution in [-0.4, -0.2) is 50.9 Å². The second-order valence-electron chi connectivity index (χ2n) is 9.23. The summed E-state index contributed by atoms with van der Waals surface area (Å²) < 4.78 is 47.7. The van der Waals surface area contributed by atoms with Gasteiger partial charge in [-0.3, -0.25) is 13.9 Å². The average molecular weight is 556 g/mol. The van der Waals surface area contributed by atoms with Gasteiger partial charge < -0.3 is 15.0 Å². The van der Waals surface area contributed by atoms with E-state index in [0.717, 1.165) is 4.31 Å². The summed E-state index contributed by atoms with van der Waals surface area (Å²) in [4.78, 5) is 28.5. The van der Waals surface area contributed by atoms with Crippen LogP contribution in [-0.2, 0) is 26.2 Å². The number of carbonyl (C=O) groups is 2. The fraction of sp³-hybridized carbons (Fsp3) is 0.310. The maximum absolute atomic E-state index is 14.0. The van der Waals surface area contributed by atoms with Gasteiger partial charge in [0, 0.05) is 12.6 Å². The van der Waals surface area contributed by atoms with Crippen molar-refractivity contribution in [2.75, 3.05) is 18.0 Å². The molecule has 0 saturated carbocycles. The molecule has 0 saturated heterocycles. The topological polar surface area (TPSA) is 96.0 Å². The van der Waals surface area contributed by atoms with Gasteiger partial charge in [0.05, 0.1) is 17.7 Å². The average Bonchev–Trinajstić information content (AvgIpc) is 2.92. The summed E-state index contributed by atoms with van der Waals surface area (Å²) >= 11 is 0. The Hall–Kier alpha value is -3.92. The standard InChI is InChI=1S/C29H34FN3O5S/c1-5-25(29(35)31-21(2)3)32(19-22-15-17-23(30)18-16-22)28(34)20-33(26-13-9-10-14-27(26)38-4)39(36,37)24-11-7-6-8-12-24/h6-18,21,25H,5,19-20H2,1-4H3,(H,31,35)/t25-/m1/s1. The second kappa shape index (κ2) is 13.2. The summed E-state index contributed by atoms with van der Waals surface area (Å²) in [5.74, 6) is -1.13. The summed E-state index contributed by atoms with van der Waals surface area (Å²) in [6, 6.07) is 18.8. The van der Waals surface area contributed by atoms with E-state index in [1.54, 1.807) is 49.4 Å². The molecule has 0 aliphatic heterocycles. The van der Waals surface area contributed by atoms with Gasteiger partial charge in [0.25, 0.3) is 10.0 Å². The minimum Gasteiger partial charge on any atom is -0.495 e. The summed E-state index contributed by atoms with van der Waals surface area (Å²) in [7, 11) is -2.79. The van der Waals surface area contributed by atoms with E-state index in [0.29, 0.717) is 5.56 Å². The van der Waals surface area contributed by atoms with Crippen molar-refractivity contribution in [2.24, 2.45) is 0 Å². The van der Waals surface area contributed by atoms with Crippen molar-refractivity contribution in [3.8, 4) is 5.75 Å². The highest BCUT2D eigenvalue weighted by molar-refractivity contribution is 7.92. The molecule has 0 unspecified atom stereocenters. The zero-order valence-corrected chi connectivity index (χ0v) is 23.3. The number of ether oxygens (including phenoxy) is 1. The third-order valence-corrected chi connectivity index (χ3v) is 7.82. The molecule has 8 nitrogen and oxygen atoms in total. The largest absolute Gasteiger partial charge is 0.495 e. The number of nitrogens with one attached hydrogen (secondary N) is 1. The number of methoxy groups -OCH3 is 1. The van der Waals surface area contributed by atoms with E-state index in [9.17, 15) is 22.4 Å². The second-order valence-corrected chi connectivity index (χ2v) is 11.1. The number of nitrogens with zero attached hydrogens (tertiary/aromatic N) is 2. The van der Waals surface area contributed by atoms with Crippen LogP contribution in [0.15, 0.2) is 83.8 Å². The monoisotopic (exact) mass is 555 g/mol. The molecule has 0 aromatic heterocycles. The van der Waals surface area contributed by atoms with E-state index in [1.165, 1.54) is 48.4 Å². The summed E-state index contributed by atoms with van der Waals surface area (Å²) in [6.07, 6.45) is 0.283. The van der Waals surface area contributed by atoms with E-state index in [1.807, 2.05) is 13.8 Å². The lowest BCUT2D eigenvalue weighted by atomic mass is 10.1. The number of hydrogen-bond acceptors (Lipinski definition) is 5. The first kappa shape index (κ1) is 29.6. The molecule has 0 spiro atoms. The highest BCUT2D eigenvalue weighted by Gasteiger charge is 2.34. The van der Waals surface area contributed by atoms with Gasteiger partial charge in [0.2, 0.25) is 11.8 Å². The van der Waals surface area contributed by atoms with Crippen LogP contribution in [0.25, 0.3) is 0 Å². The SMILES string of the molecule is CC[C@H](C(=O)NC(C)C)N(Cc1ccc(F)cc1)C(=O)CN(c1ccccc1OC)S(=O)(=O)c1ccccc1. The molecule has 0 fully saturated rings. The van der Waals surface area contributed by atoms with Gasteiger partial charge in [-0.25, -0.2) is 12.8 Å². The Labute approximate surface area is 229 Å². The molecule has 0 radical (unpaired) electrons. The molecule has 0 heterocycles. The molecule has 0 aliphatic carbocycles. The Morgan fingerprint density at radius 1 is 0.949 bits per heavy atom. The van der Waals surface area contributed by atoms with Gasteiger partial charge in [-0.2, -0.15) is 0 Å². The maximum Gasteiger partial charge on any atom is 0.264 e. The predicted octanol–water partition coefficient (Wildman–Crippen LogP) is 4.36. The van der Waals surface area contributed by atoms with Gasteiger partial charge in [0.15, 0.2) is 0 Å². The maximum atomic E-state index is 14.0. The molecule has 0 bridgehead atoms. The van der Waals surface area contributed by atoms with Crippen molar-refractivity contribution in [1.82, 2.24) is 10.2 Å². The van der Waals surface area contributed by atoms with Crippen LogP contribution in [0.4, 0.5) is 10.1 Å². The number of halogens is 1. The van der Waals surface area contributed by atoms with Gasteiger partial charge in [-0.15, -0.1) is 0 Å². The van der Waals surface area contributed by atoms with Crippen LogP contribution < -0.4 is 14.4 Å². The summed E-state index contributed by atoms with van der Waals surface area (Å²) in [5.41, 5.74) is 0.772. The molecule has 0 aliphatic rings. The van der Waals surface area contributed by atoms with Gasteiger partial charge in [-0.05, 0) is 62.2 Å². The fourth-order valence-corrected chi connectivity index (χ4v) is 5.60. The number of hydrogen-bond donors (Lipinski definition) is 1. The number of para-hydroxylation sites is 2. The molecule has 3 aromatic rings. The fourth-order valence-electron chi connectivity index (χ4n) is 4.16. The van der Waals surface area contributed by atoms with E-state index in [-0.39, 0.29) is 41.2 Å². The highest BCUT2D eigenvalue weighted by Crippen LogP contribution is 2.32. The van der Waals surface area contributed by atoms with Crippen LogP contribution in [0.3, 0.4) is 0 Å². The Morgan fingerprint density at radius 3 is 2.15 bits per heavy atom. The molecule has 1 N–H and O–H groups in total. The van der Waals surface area contributed by atoms with Crippen LogP contribution in [0.1, 0.15) is 32.8 Å². The number of benzene rings is 3. The van der Waals surface area contributed by atoms with Gasteiger partial charge in [0.1, 0.15) is 24.2 Å².